The number of aromatic nitrogens is 1. The number of hydrogen-bond donors (Lipinski definition) is 1. The van der Waals surface area contributed by atoms with Crippen molar-refractivity contribution in [2.75, 3.05) is 12.4 Å². The van der Waals surface area contributed by atoms with Crippen molar-refractivity contribution in [3.05, 3.63) is 53.5 Å². The van der Waals surface area contributed by atoms with Crippen LogP contribution in [0.2, 0.25) is 0 Å². The summed E-state index contributed by atoms with van der Waals surface area (Å²) in [6.45, 7) is 0. The van der Waals surface area contributed by atoms with E-state index in [2.05, 4.69) is 10.3 Å². The van der Waals surface area contributed by atoms with Crippen molar-refractivity contribution in [2.45, 2.75) is 43.0 Å². The van der Waals surface area contributed by atoms with E-state index in [0.717, 1.165) is 35.9 Å². The third kappa shape index (κ3) is 4.19. The van der Waals surface area contributed by atoms with Crippen molar-refractivity contribution in [2.24, 2.45) is 0 Å². The summed E-state index contributed by atoms with van der Waals surface area (Å²) in [5.41, 5.74) is 3.66. The lowest BCUT2D eigenvalue weighted by Gasteiger charge is -2.30. The van der Waals surface area contributed by atoms with Crippen LogP contribution in [0.1, 0.15) is 42.5 Å². The van der Waals surface area contributed by atoms with E-state index in [1.54, 1.807) is 36.0 Å². The van der Waals surface area contributed by atoms with Crippen LogP contribution in [0.4, 0.5) is 5.69 Å². The molecule has 0 unspecified atom stereocenters. The van der Waals surface area contributed by atoms with Crippen LogP contribution in [-0.2, 0) is 10.0 Å². The highest BCUT2D eigenvalue weighted by Crippen LogP contribution is 2.27. The van der Waals surface area contributed by atoms with Gasteiger partial charge in [0.2, 0.25) is 10.0 Å². The Morgan fingerprint density at radius 3 is 2.55 bits per heavy atom. The van der Waals surface area contributed by atoms with E-state index in [9.17, 15) is 13.2 Å². The van der Waals surface area contributed by atoms with Gasteiger partial charge in [-0.25, -0.2) is 13.4 Å². The second kappa shape index (κ2) is 8.22. The van der Waals surface area contributed by atoms with E-state index in [1.807, 2.05) is 18.2 Å². The molecule has 0 atom stereocenters. The van der Waals surface area contributed by atoms with Gasteiger partial charge < -0.3 is 5.32 Å². The van der Waals surface area contributed by atoms with Crippen molar-refractivity contribution >= 4 is 43.2 Å². The largest absolute Gasteiger partial charge is 0.322 e. The fraction of sp³-hybridized carbons (Fsp3) is 0.333. The molecule has 1 N–H and O–H groups in total. The molecule has 1 saturated carbocycles. The number of amides is 1. The molecular formula is C21H23N3O3S2. The number of anilines is 1. The van der Waals surface area contributed by atoms with Crippen molar-refractivity contribution in [3.8, 4) is 0 Å². The number of sulfonamides is 1. The molecule has 2 aromatic carbocycles. The number of thiazole rings is 1. The number of fused-ring (bicyclic) bond motifs is 1. The van der Waals surface area contributed by atoms with Crippen LogP contribution in [-0.4, -0.2) is 36.7 Å². The van der Waals surface area contributed by atoms with Crippen molar-refractivity contribution < 1.29 is 13.2 Å². The Kier molecular flexibility index (Phi) is 5.67. The molecule has 3 aromatic rings. The van der Waals surface area contributed by atoms with Crippen molar-refractivity contribution in [1.29, 1.82) is 0 Å². The molecule has 1 heterocycles. The molecule has 1 amide bonds. The van der Waals surface area contributed by atoms with E-state index in [-0.39, 0.29) is 16.8 Å². The smallest absolute Gasteiger partial charge is 0.255 e. The van der Waals surface area contributed by atoms with Gasteiger partial charge in [0, 0.05) is 24.3 Å². The molecule has 0 bridgehead atoms. The number of carbonyl (C=O) groups is 1. The normalized spacial score (nSPS) is 15.7. The Hall–Kier alpha value is -2.29. The number of benzene rings is 2. The molecule has 0 aliphatic heterocycles. The minimum Gasteiger partial charge on any atom is -0.322 e. The standard InChI is InChI=1S/C21H23N3O3S2/c1-24(17-5-3-2-4-6-17)29(26,27)18-10-7-15(8-11-18)21(25)23-16-9-12-20-19(13-16)22-14-28-20/h7-14,17H,2-6H2,1H3,(H,23,25). The Labute approximate surface area is 174 Å². The van der Waals surface area contributed by atoms with E-state index < -0.39 is 10.0 Å². The zero-order valence-electron chi connectivity index (χ0n) is 16.2. The lowest BCUT2D eigenvalue weighted by atomic mass is 9.96. The van der Waals surface area contributed by atoms with Gasteiger partial charge in [0.25, 0.3) is 5.91 Å². The molecule has 29 heavy (non-hydrogen) atoms. The first-order valence-electron chi connectivity index (χ1n) is 9.68. The third-order valence-corrected chi connectivity index (χ3v) is 8.20. The summed E-state index contributed by atoms with van der Waals surface area (Å²) in [5.74, 6) is -0.288. The first kappa shape index (κ1) is 20.0. The van der Waals surface area contributed by atoms with Crippen LogP contribution in [0, 0.1) is 0 Å². The van der Waals surface area contributed by atoms with Crippen LogP contribution >= 0.6 is 11.3 Å². The predicted molar refractivity (Wildman–Crippen MR) is 116 cm³/mol. The summed E-state index contributed by atoms with van der Waals surface area (Å²) in [4.78, 5) is 17.0. The molecule has 8 heteroatoms. The van der Waals surface area contributed by atoms with Gasteiger partial charge in [-0.05, 0) is 55.3 Å². The number of nitrogens with one attached hydrogen (secondary N) is 1. The fourth-order valence-electron chi connectivity index (χ4n) is 3.72. The monoisotopic (exact) mass is 429 g/mol. The van der Waals surface area contributed by atoms with Crippen LogP contribution in [0.5, 0.6) is 0 Å². The highest BCUT2D eigenvalue weighted by molar-refractivity contribution is 7.89. The quantitative estimate of drug-likeness (QED) is 0.648. The SMILES string of the molecule is CN(C1CCCCC1)S(=O)(=O)c1ccc(C(=O)Nc2ccc3scnc3c2)cc1. The first-order chi connectivity index (χ1) is 13.9. The van der Waals surface area contributed by atoms with E-state index in [0.29, 0.717) is 11.3 Å². The summed E-state index contributed by atoms with van der Waals surface area (Å²) >= 11 is 1.54. The van der Waals surface area contributed by atoms with Crippen LogP contribution < -0.4 is 5.32 Å². The molecule has 1 aliphatic carbocycles. The van der Waals surface area contributed by atoms with Crippen LogP contribution in [0.3, 0.4) is 0 Å². The van der Waals surface area contributed by atoms with Crippen molar-refractivity contribution in [1.82, 2.24) is 9.29 Å². The minimum atomic E-state index is -3.56. The average molecular weight is 430 g/mol. The molecule has 0 radical (unpaired) electrons. The molecular weight excluding hydrogens is 406 g/mol. The van der Waals surface area contributed by atoms with Gasteiger partial charge in [-0.3, -0.25) is 4.79 Å². The van der Waals surface area contributed by atoms with Gasteiger partial charge in [-0.15, -0.1) is 11.3 Å². The van der Waals surface area contributed by atoms with E-state index in [4.69, 9.17) is 0 Å². The predicted octanol–water partition coefficient (Wildman–Crippen LogP) is 4.50. The Balaban J connectivity index is 1.48. The maximum absolute atomic E-state index is 12.9. The Bertz CT molecular complexity index is 1120. The number of nitrogens with zero attached hydrogens (tertiary/aromatic N) is 2. The van der Waals surface area contributed by atoms with Crippen molar-refractivity contribution in [3.63, 3.8) is 0 Å². The molecule has 1 aliphatic rings. The fourth-order valence-corrected chi connectivity index (χ4v) is 5.80. The Morgan fingerprint density at radius 2 is 1.83 bits per heavy atom. The number of carbonyl (C=O) groups excluding carboxylic acids is 1. The highest BCUT2D eigenvalue weighted by atomic mass is 32.2. The van der Waals surface area contributed by atoms with Gasteiger partial charge in [-0.2, -0.15) is 4.31 Å². The van der Waals surface area contributed by atoms with Gasteiger partial charge in [0.05, 0.1) is 20.6 Å². The van der Waals surface area contributed by atoms with Gasteiger partial charge >= 0.3 is 0 Å². The molecule has 1 aromatic heterocycles. The maximum atomic E-state index is 12.9. The lowest BCUT2D eigenvalue weighted by Crippen LogP contribution is -2.38. The molecule has 152 valence electrons. The molecule has 0 saturated heterocycles. The summed E-state index contributed by atoms with van der Waals surface area (Å²) < 4.78 is 28.4. The highest BCUT2D eigenvalue weighted by Gasteiger charge is 2.29. The van der Waals surface area contributed by atoms with Gasteiger partial charge in [0.1, 0.15) is 0 Å². The minimum absolute atomic E-state index is 0.0531. The summed E-state index contributed by atoms with van der Waals surface area (Å²) in [7, 11) is -1.91. The second-order valence-electron chi connectivity index (χ2n) is 7.33. The van der Waals surface area contributed by atoms with Gasteiger partial charge in [-0.1, -0.05) is 19.3 Å². The zero-order valence-corrected chi connectivity index (χ0v) is 17.8. The first-order valence-corrected chi connectivity index (χ1v) is 12.0. The summed E-state index contributed by atoms with van der Waals surface area (Å²) in [6, 6.07) is 11.7. The second-order valence-corrected chi connectivity index (χ2v) is 10.2. The summed E-state index contributed by atoms with van der Waals surface area (Å²) in [5, 5.41) is 2.84. The molecule has 4 rings (SSSR count). The van der Waals surface area contributed by atoms with E-state index >= 15 is 0 Å². The molecule has 0 spiro atoms. The maximum Gasteiger partial charge on any atom is 0.255 e. The Morgan fingerprint density at radius 1 is 1.10 bits per heavy atom. The third-order valence-electron chi connectivity index (χ3n) is 5.47. The summed E-state index contributed by atoms with van der Waals surface area (Å²) in [6.07, 6.45) is 5.11. The molecule has 1 fully saturated rings. The van der Waals surface area contributed by atoms with E-state index in [1.165, 1.54) is 22.9 Å². The molecule has 6 nitrogen and oxygen atoms in total. The van der Waals surface area contributed by atoms with Gasteiger partial charge in [0.15, 0.2) is 0 Å². The van der Waals surface area contributed by atoms with Crippen LogP contribution in [0.25, 0.3) is 10.2 Å². The number of rotatable bonds is 5. The number of hydrogen-bond acceptors (Lipinski definition) is 5. The average Bonchev–Trinajstić information content (AvgIpc) is 3.22. The zero-order chi connectivity index (χ0) is 20.4. The topological polar surface area (TPSA) is 79.4 Å². The van der Waals surface area contributed by atoms with Crippen LogP contribution in [0.15, 0.2) is 52.9 Å². The lowest BCUT2D eigenvalue weighted by molar-refractivity contribution is 0.102.